The van der Waals surface area contributed by atoms with Crippen LogP contribution >= 0.6 is 11.3 Å². The number of hydrogen-bond acceptors (Lipinski definition) is 7. The maximum absolute atomic E-state index is 12.2. The molecule has 0 spiro atoms. The number of thiazole rings is 1. The molecule has 0 unspecified atom stereocenters. The monoisotopic (exact) mass is 366 g/mol. The predicted molar refractivity (Wildman–Crippen MR) is 89.4 cm³/mol. The molecule has 10 heteroatoms. The number of H-pyrrole nitrogens is 1. The highest BCUT2D eigenvalue weighted by atomic mass is 32.1. The number of nitrogens with one attached hydrogen (secondary N) is 2. The molecule has 1 aliphatic rings. The van der Waals surface area contributed by atoms with E-state index < -0.39 is 11.2 Å². The van der Waals surface area contributed by atoms with E-state index in [4.69, 9.17) is 9.47 Å². The van der Waals surface area contributed by atoms with E-state index in [1.807, 2.05) is 5.38 Å². The summed E-state index contributed by atoms with van der Waals surface area (Å²) in [5, 5.41) is 4.78. The van der Waals surface area contributed by atoms with E-state index in [2.05, 4.69) is 15.3 Å². The van der Waals surface area contributed by atoms with Crippen molar-refractivity contribution in [2.24, 2.45) is 0 Å². The summed E-state index contributed by atoms with van der Waals surface area (Å²) in [6, 6.07) is 0.987. The summed E-state index contributed by atoms with van der Waals surface area (Å²) in [6.45, 7) is 1.09. The molecule has 0 aliphatic carbocycles. The standard InChI is InChI=1S/C15H18N4O5S/c20-13-1-3-19(15(22)18-13)5-14(21)17-11-2-4-23-7-12(11)24-6-10-8-25-9-16-10/h1,3,8-9,11-12H,2,4-7H2,(H,17,21)(H,18,20,22)/t11-,12-/m1/s1. The van der Waals surface area contributed by atoms with Crippen LogP contribution < -0.4 is 16.6 Å². The maximum Gasteiger partial charge on any atom is 0.328 e. The SMILES string of the molecule is O=C(Cn1ccc(=O)[nH]c1=O)N[C@@H]1CCOC[C@H]1OCc1cscn1. The molecule has 1 fully saturated rings. The fourth-order valence-electron chi connectivity index (χ4n) is 2.52. The lowest BCUT2D eigenvalue weighted by Crippen LogP contribution is -2.51. The number of nitrogens with zero attached hydrogens (tertiary/aromatic N) is 2. The normalized spacial score (nSPS) is 20.3. The van der Waals surface area contributed by atoms with Crippen molar-refractivity contribution in [2.75, 3.05) is 13.2 Å². The first kappa shape index (κ1) is 17.5. The van der Waals surface area contributed by atoms with Crippen molar-refractivity contribution >= 4 is 17.2 Å². The second-order valence-corrected chi connectivity index (χ2v) is 6.32. The highest BCUT2D eigenvalue weighted by molar-refractivity contribution is 7.07. The molecule has 3 heterocycles. The van der Waals surface area contributed by atoms with E-state index in [1.54, 1.807) is 5.51 Å². The van der Waals surface area contributed by atoms with Crippen LogP contribution in [0, 0.1) is 0 Å². The third-order valence-electron chi connectivity index (χ3n) is 3.79. The van der Waals surface area contributed by atoms with E-state index >= 15 is 0 Å². The number of aromatic nitrogens is 3. The molecule has 1 aliphatic heterocycles. The Hall–Kier alpha value is -2.30. The Morgan fingerprint density at radius 3 is 3.16 bits per heavy atom. The summed E-state index contributed by atoms with van der Waals surface area (Å²) < 4.78 is 12.4. The van der Waals surface area contributed by atoms with Gasteiger partial charge in [0.25, 0.3) is 5.56 Å². The Bertz CT molecular complexity index is 816. The van der Waals surface area contributed by atoms with Crippen molar-refractivity contribution in [1.29, 1.82) is 0 Å². The molecule has 2 N–H and O–H groups in total. The van der Waals surface area contributed by atoms with Gasteiger partial charge in [-0.05, 0) is 6.42 Å². The Labute approximate surface area is 146 Å². The molecule has 1 amide bonds. The molecule has 0 radical (unpaired) electrons. The van der Waals surface area contributed by atoms with Gasteiger partial charge in [0.2, 0.25) is 5.91 Å². The van der Waals surface area contributed by atoms with Crippen LogP contribution in [0.1, 0.15) is 12.1 Å². The molecule has 0 saturated carbocycles. The topological polar surface area (TPSA) is 115 Å². The molecule has 0 aromatic carbocycles. The Balaban J connectivity index is 1.57. The van der Waals surface area contributed by atoms with Crippen molar-refractivity contribution in [3.63, 3.8) is 0 Å². The summed E-state index contributed by atoms with van der Waals surface area (Å²) in [7, 11) is 0. The van der Waals surface area contributed by atoms with E-state index in [1.165, 1.54) is 23.6 Å². The van der Waals surface area contributed by atoms with E-state index in [0.717, 1.165) is 10.3 Å². The number of rotatable bonds is 6. The second-order valence-electron chi connectivity index (χ2n) is 5.60. The quantitative estimate of drug-likeness (QED) is 0.711. The highest BCUT2D eigenvalue weighted by Crippen LogP contribution is 2.14. The highest BCUT2D eigenvalue weighted by Gasteiger charge is 2.28. The molecule has 3 rings (SSSR count). The molecular weight excluding hydrogens is 348 g/mol. The van der Waals surface area contributed by atoms with Crippen molar-refractivity contribution in [3.05, 3.63) is 49.7 Å². The molecule has 134 valence electrons. The number of ether oxygens (including phenoxy) is 2. The molecule has 25 heavy (non-hydrogen) atoms. The lowest BCUT2D eigenvalue weighted by Gasteiger charge is -2.32. The van der Waals surface area contributed by atoms with Crippen LogP contribution in [-0.2, 0) is 27.4 Å². The Morgan fingerprint density at radius 1 is 1.52 bits per heavy atom. The molecule has 2 atom stereocenters. The van der Waals surface area contributed by atoms with Gasteiger partial charge in [-0.15, -0.1) is 11.3 Å². The van der Waals surface area contributed by atoms with Gasteiger partial charge >= 0.3 is 5.69 Å². The number of hydrogen-bond donors (Lipinski definition) is 2. The first-order valence-electron chi connectivity index (χ1n) is 7.77. The first-order chi connectivity index (χ1) is 12.1. The van der Waals surface area contributed by atoms with Gasteiger partial charge in [0, 0.05) is 24.3 Å². The summed E-state index contributed by atoms with van der Waals surface area (Å²) in [5.41, 5.74) is 1.45. The zero-order valence-electron chi connectivity index (χ0n) is 13.3. The van der Waals surface area contributed by atoms with Gasteiger partial charge in [0.1, 0.15) is 12.6 Å². The molecule has 2 aromatic rings. The lowest BCUT2D eigenvalue weighted by molar-refractivity contribution is -0.127. The number of amides is 1. The van der Waals surface area contributed by atoms with Gasteiger partial charge in [0.15, 0.2) is 0 Å². The van der Waals surface area contributed by atoms with Crippen LogP contribution in [0.3, 0.4) is 0 Å². The van der Waals surface area contributed by atoms with E-state index in [0.29, 0.717) is 26.2 Å². The third kappa shape index (κ3) is 4.84. The Kier molecular flexibility index (Phi) is 5.74. The maximum atomic E-state index is 12.2. The minimum Gasteiger partial charge on any atom is -0.379 e. The fourth-order valence-corrected chi connectivity index (χ4v) is 3.06. The summed E-state index contributed by atoms with van der Waals surface area (Å²) in [4.78, 5) is 41.2. The first-order valence-corrected chi connectivity index (χ1v) is 8.71. The van der Waals surface area contributed by atoms with Crippen LogP contribution in [0.15, 0.2) is 32.7 Å². The molecular formula is C15H18N4O5S. The van der Waals surface area contributed by atoms with Crippen molar-refractivity contribution in [2.45, 2.75) is 31.7 Å². The number of aromatic amines is 1. The van der Waals surface area contributed by atoms with Gasteiger partial charge in [-0.1, -0.05) is 0 Å². The zero-order chi connectivity index (χ0) is 17.6. The third-order valence-corrected chi connectivity index (χ3v) is 4.43. The minimum atomic E-state index is -0.619. The van der Waals surface area contributed by atoms with Gasteiger partial charge in [0.05, 0.1) is 30.5 Å². The Morgan fingerprint density at radius 2 is 2.40 bits per heavy atom. The molecule has 2 aromatic heterocycles. The minimum absolute atomic E-state index is 0.175. The summed E-state index contributed by atoms with van der Waals surface area (Å²) >= 11 is 1.49. The summed E-state index contributed by atoms with van der Waals surface area (Å²) in [6.07, 6.45) is 1.63. The van der Waals surface area contributed by atoms with Crippen LogP contribution in [0.25, 0.3) is 0 Å². The summed E-state index contributed by atoms with van der Waals surface area (Å²) in [5.74, 6) is -0.330. The van der Waals surface area contributed by atoms with Gasteiger partial charge in [-0.3, -0.25) is 19.1 Å². The smallest absolute Gasteiger partial charge is 0.328 e. The second kappa shape index (κ2) is 8.19. The van der Waals surface area contributed by atoms with E-state index in [9.17, 15) is 14.4 Å². The van der Waals surface area contributed by atoms with Crippen molar-refractivity contribution in [3.8, 4) is 0 Å². The fraction of sp³-hybridized carbons (Fsp3) is 0.467. The average Bonchev–Trinajstić information content (AvgIpc) is 3.10. The number of carbonyl (C=O) groups excluding carboxylic acids is 1. The van der Waals surface area contributed by atoms with Crippen molar-refractivity contribution < 1.29 is 14.3 Å². The predicted octanol–water partition coefficient (Wildman–Crippen LogP) is -0.516. The van der Waals surface area contributed by atoms with Gasteiger partial charge < -0.3 is 14.8 Å². The zero-order valence-corrected chi connectivity index (χ0v) is 14.2. The number of carbonyl (C=O) groups is 1. The molecule has 1 saturated heterocycles. The molecule has 9 nitrogen and oxygen atoms in total. The van der Waals surface area contributed by atoms with E-state index in [-0.39, 0.29) is 24.6 Å². The van der Waals surface area contributed by atoms with Crippen molar-refractivity contribution in [1.82, 2.24) is 19.9 Å². The van der Waals surface area contributed by atoms with Crippen LogP contribution in [0.2, 0.25) is 0 Å². The largest absolute Gasteiger partial charge is 0.379 e. The van der Waals surface area contributed by atoms with Gasteiger partial charge in [-0.25, -0.2) is 9.78 Å². The van der Waals surface area contributed by atoms with Crippen LogP contribution in [0.4, 0.5) is 0 Å². The van der Waals surface area contributed by atoms with Crippen LogP contribution in [-0.4, -0.2) is 45.8 Å². The average molecular weight is 366 g/mol. The van der Waals surface area contributed by atoms with Crippen LogP contribution in [0.5, 0.6) is 0 Å². The lowest BCUT2D eigenvalue weighted by atomic mass is 10.1. The molecule has 0 bridgehead atoms. The van der Waals surface area contributed by atoms with Gasteiger partial charge in [-0.2, -0.15) is 0 Å².